The lowest BCUT2D eigenvalue weighted by molar-refractivity contribution is -0.142. The van der Waals surface area contributed by atoms with Crippen molar-refractivity contribution in [2.45, 2.75) is 57.5 Å². The van der Waals surface area contributed by atoms with Gasteiger partial charge in [-0.25, -0.2) is 9.59 Å². The van der Waals surface area contributed by atoms with E-state index in [9.17, 15) is 14.4 Å². The fourth-order valence-corrected chi connectivity index (χ4v) is 2.41. The first-order valence-corrected chi connectivity index (χ1v) is 7.29. The molecule has 1 aliphatic rings. The minimum atomic E-state index is -1.16. The summed E-state index contributed by atoms with van der Waals surface area (Å²) in [6.07, 6.45) is 3.92. The number of hydrogen-bond donors (Lipinski definition) is 3. The summed E-state index contributed by atoms with van der Waals surface area (Å²) in [7, 11) is 1.24. The highest BCUT2D eigenvalue weighted by Gasteiger charge is 2.24. The van der Waals surface area contributed by atoms with Crippen LogP contribution in [-0.4, -0.2) is 42.3 Å². The molecule has 21 heavy (non-hydrogen) atoms. The number of rotatable bonds is 6. The van der Waals surface area contributed by atoms with Crippen LogP contribution < -0.4 is 10.6 Å². The van der Waals surface area contributed by atoms with E-state index in [-0.39, 0.29) is 18.9 Å². The van der Waals surface area contributed by atoms with E-state index in [2.05, 4.69) is 22.3 Å². The summed E-state index contributed by atoms with van der Waals surface area (Å²) < 4.78 is 4.46. The molecule has 1 rings (SSSR count). The first-order chi connectivity index (χ1) is 9.92. The van der Waals surface area contributed by atoms with E-state index in [0.29, 0.717) is 5.92 Å². The second-order valence-corrected chi connectivity index (χ2v) is 5.58. The molecule has 2 amide bonds. The third-order valence-corrected chi connectivity index (χ3v) is 3.82. The smallest absolute Gasteiger partial charge is 0.326 e. The average Bonchev–Trinajstić information content (AvgIpc) is 2.45. The number of hydrogen-bond acceptors (Lipinski definition) is 4. The topological polar surface area (TPSA) is 105 Å². The Labute approximate surface area is 124 Å². The van der Waals surface area contributed by atoms with Crippen LogP contribution in [0.15, 0.2) is 0 Å². The summed E-state index contributed by atoms with van der Waals surface area (Å²) in [5, 5.41) is 14.2. The number of carbonyl (C=O) groups is 3. The van der Waals surface area contributed by atoms with Crippen molar-refractivity contribution in [2.24, 2.45) is 5.92 Å². The molecule has 1 saturated carbocycles. The van der Waals surface area contributed by atoms with Crippen LogP contribution in [0.2, 0.25) is 0 Å². The Morgan fingerprint density at radius 3 is 2.38 bits per heavy atom. The van der Waals surface area contributed by atoms with Crippen molar-refractivity contribution in [3.05, 3.63) is 0 Å². The normalized spacial score (nSPS) is 23.0. The van der Waals surface area contributed by atoms with Gasteiger partial charge in [0.25, 0.3) is 0 Å². The molecule has 0 aromatic carbocycles. The minimum Gasteiger partial charge on any atom is -0.480 e. The maximum absolute atomic E-state index is 11.8. The highest BCUT2D eigenvalue weighted by atomic mass is 16.5. The number of amides is 2. The van der Waals surface area contributed by atoms with Crippen LogP contribution in [-0.2, 0) is 14.3 Å². The van der Waals surface area contributed by atoms with Crippen LogP contribution in [0.25, 0.3) is 0 Å². The molecule has 1 atom stereocenters. The molecule has 0 spiro atoms. The lowest BCUT2D eigenvalue weighted by Crippen LogP contribution is -2.49. The monoisotopic (exact) mass is 300 g/mol. The molecule has 1 aliphatic carbocycles. The first kappa shape index (κ1) is 17.3. The van der Waals surface area contributed by atoms with Crippen molar-refractivity contribution in [1.29, 1.82) is 0 Å². The highest BCUT2D eigenvalue weighted by Crippen LogP contribution is 2.23. The van der Waals surface area contributed by atoms with Crippen LogP contribution in [0.3, 0.4) is 0 Å². The molecular weight excluding hydrogens is 276 g/mol. The lowest BCUT2D eigenvalue weighted by atomic mass is 9.87. The van der Waals surface area contributed by atoms with E-state index in [0.717, 1.165) is 25.7 Å². The number of carboxylic acids is 1. The van der Waals surface area contributed by atoms with Crippen molar-refractivity contribution in [3.8, 4) is 0 Å². The Morgan fingerprint density at radius 1 is 1.24 bits per heavy atom. The molecule has 0 aromatic rings. The second-order valence-electron chi connectivity index (χ2n) is 5.58. The Kier molecular flexibility index (Phi) is 6.98. The van der Waals surface area contributed by atoms with Crippen LogP contribution in [0.1, 0.15) is 45.4 Å². The second kappa shape index (κ2) is 8.49. The zero-order valence-electron chi connectivity index (χ0n) is 12.6. The summed E-state index contributed by atoms with van der Waals surface area (Å²) in [6, 6.07) is -1.49. The molecule has 0 saturated heterocycles. The lowest BCUT2D eigenvalue weighted by Gasteiger charge is -2.27. The number of ether oxygens (including phenoxy) is 1. The molecule has 0 aliphatic heterocycles. The summed E-state index contributed by atoms with van der Waals surface area (Å²) in [4.78, 5) is 33.9. The van der Waals surface area contributed by atoms with E-state index in [1.54, 1.807) is 0 Å². The number of esters is 1. The summed E-state index contributed by atoms with van der Waals surface area (Å²) >= 11 is 0. The predicted octanol–water partition coefficient (Wildman–Crippen LogP) is 1.27. The van der Waals surface area contributed by atoms with Crippen LogP contribution in [0.5, 0.6) is 0 Å². The predicted molar refractivity (Wildman–Crippen MR) is 75.8 cm³/mol. The molecule has 7 heteroatoms. The van der Waals surface area contributed by atoms with Gasteiger partial charge in [0.2, 0.25) is 0 Å². The van der Waals surface area contributed by atoms with Crippen LogP contribution in [0, 0.1) is 5.92 Å². The number of urea groups is 1. The molecule has 7 nitrogen and oxygen atoms in total. The largest absolute Gasteiger partial charge is 0.480 e. The molecule has 0 unspecified atom stereocenters. The van der Waals surface area contributed by atoms with Gasteiger partial charge in [-0.3, -0.25) is 4.79 Å². The molecule has 120 valence electrons. The minimum absolute atomic E-state index is 0.0110. The van der Waals surface area contributed by atoms with E-state index in [1.165, 1.54) is 7.11 Å². The fourth-order valence-electron chi connectivity index (χ4n) is 2.41. The van der Waals surface area contributed by atoms with Gasteiger partial charge in [0.15, 0.2) is 0 Å². The quantitative estimate of drug-likeness (QED) is 0.641. The van der Waals surface area contributed by atoms with Gasteiger partial charge >= 0.3 is 18.0 Å². The summed E-state index contributed by atoms with van der Waals surface area (Å²) in [6.45, 7) is 2.18. The van der Waals surface area contributed by atoms with E-state index < -0.39 is 24.0 Å². The molecule has 0 bridgehead atoms. The van der Waals surface area contributed by atoms with Gasteiger partial charge in [0, 0.05) is 12.5 Å². The van der Waals surface area contributed by atoms with E-state index in [1.807, 2.05) is 0 Å². The number of carbonyl (C=O) groups excluding carboxylic acids is 2. The van der Waals surface area contributed by atoms with Gasteiger partial charge < -0.3 is 20.5 Å². The van der Waals surface area contributed by atoms with Gasteiger partial charge in [0.1, 0.15) is 6.04 Å². The van der Waals surface area contributed by atoms with Crippen molar-refractivity contribution in [3.63, 3.8) is 0 Å². The van der Waals surface area contributed by atoms with E-state index >= 15 is 0 Å². The number of nitrogens with one attached hydrogen (secondary N) is 2. The van der Waals surface area contributed by atoms with Gasteiger partial charge in [-0.1, -0.05) is 6.92 Å². The molecular formula is C14H24N2O5. The molecule has 0 aromatic heterocycles. The summed E-state index contributed by atoms with van der Waals surface area (Å²) in [5.41, 5.74) is 0. The van der Waals surface area contributed by atoms with Crippen molar-refractivity contribution in [2.75, 3.05) is 7.11 Å². The van der Waals surface area contributed by atoms with Crippen molar-refractivity contribution >= 4 is 18.0 Å². The zero-order chi connectivity index (χ0) is 15.8. The standard InChI is InChI=1S/C14H24N2O5/c1-9-3-5-10(6-4-9)15-14(20)16-11(13(18)19)7-8-12(17)21-2/h9-11H,3-8H2,1-2H3,(H,18,19)(H2,15,16,20)/t9?,10?,11-/m0/s1. The van der Waals surface area contributed by atoms with Crippen molar-refractivity contribution < 1.29 is 24.2 Å². The fraction of sp³-hybridized carbons (Fsp3) is 0.786. The Morgan fingerprint density at radius 2 is 1.86 bits per heavy atom. The maximum Gasteiger partial charge on any atom is 0.326 e. The Balaban J connectivity index is 2.38. The third-order valence-electron chi connectivity index (χ3n) is 3.82. The number of carboxylic acid groups (broad SMARTS) is 1. The molecule has 3 N–H and O–H groups in total. The molecule has 0 radical (unpaired) electrons. The Hall–Kier alpha value is -1.79. The molecule has 1 fully saturated rings. The number of methoxy groups -OCH3 is 1. The number of aliphatic carboxylic acids is 1. The van der Waals surface area contributed by atoms with Crippen LogP contribution in [0.4, 0.5) is 4.79 Å². The van der Waals surface area contributed by atoms with Crippen LogP contribution >= 0.6 is 0 Å². The zero-order valence-corrected chi connectivity index (χ0v) is 12.6. The third kappa shape index (κ3) is 6.46. The van der Waals surface area contributed by atoms with E-state index in [4.69, 9.17) is 5.11 Å². The Bertz CT molecular complexity index is 378. The van der Waals surface area contributed by atoms with Crippen molar-refractivity contribution in [1.82, 2.24) is 10.6 Å². The highest BCUT2D eigenvalue weighted by molar-refractivity contribution is 5.83. The maximum atomic E-state index is 11.8. The van der Waals surface area contributed by atoms with Gasteiger partial charge in [-0.2, -0.15) is 0 Å². The average molecular weight is 300 g/mol. The van der Waals surface area contributed by atoms with Gasteiger partial charge in [-0.05, 0) is 38.0 Å². The first-order valence-electron chi connectivity index (χ1n) is 7.29. The summed E-state index contributed by atoms with van der Waals surface area (Å²) in [5.74, 6) is -0.978. The molecule has 0 heterocycles. The SMILES string of the molecule is COC(=O)CC[C@H](NC(=O)NC1CCC(C)CC1)C(=O)O. The van der Waals surface area contributed by atoms with Gasteiger partial charge in [-0.15, -0.1) is 0 Å². The van der Waals surface area contributed by atoms with Gasteiger partial charge in [0.05, 0.1) is 7.11 Å².